The predicted molar refractivity (Wildman–Crippen MR) is 96.2 cm³/mol. The maximum atomic E-state index is 12.8. The van der Waals surface area contributed by atoms with E-state index in [2.05, 4.69) is 20.5 Å². The van der Waals surface area contributed by atoms with Gasteiger partial charge in [0.25, 0.3) is 0 Å². The molecule has 0 bridgehead atoms. The third-order valence-electron chi connectivity index (χ3n) is 4.22. The molecule has 0 spiro atoms. The summed E-state index contributed by atoms with van der Waals surface area (Å²) >= 11 is 0. The number of benzene rings is 1. The number of hydrogen-bond acceptors (Lipinski definition) is 3. The number of nitrogens with zero attached hydrogens (tertiary/aromatic N) is 2. The average molecular weight is 372 g/mol. The molecule has 2 N–H and O–H groups in total. The minimum Gasteiger partial charge on any atom is -0.379 e. The van der Waals surface area contributed by atoms with E-state index in [0.717, 1.165) is 30.8 Å². The van der Waals surface area contributed by atoms with Crippen LogP contribution in [0.3, 0.4) is 0 Å². The Labute approximate surface area is 152 Å². The molecule has 5 nitrogen and oxygen atoms in total. The van der Waals surface area contributed by atoms with Crippen LogP contribution in [0.4, 0.5) is 13.2 Å². The summed E-state index contributed by atoms with van der Waals surface area (Å²) in [5.74, 6) is 0.671. The second-order valence-electron chi connectivity index (χ2n) is 6.54. The van der Waals surface area contributed by atoms with Gasteiger partial charge in [0.15, 0.2) is 5.96 Å². The highest BCUT2D eigenvalue weighted by Crippen LogP contribution is 2.31. The van der Waals surface area contributed by atoms with Crippen LogP contribution in [0.2, 0.25) is 0 Å². The second-order valence-corrected chi connectivity index (χ2v) is 6.54. The van der Waals surface area contributed by atoms with E-state index in [9.17, 15) is 13.2 Å². The zero-order chi connectivity index (χ0) is 19.2. The van der Waals surface area contributed by atoms with E-state index >= 15 is 0 Å². The van der Waals surface area contributed by atoms with Crippen molar-refractivity contribution >= 4 is 5.96 Å². The normalized spacial score (nSPS) is 18.0. The van der Waals surface area contributed by atoms with E-state index in [-0.39, 0.29) is 12.1 Å². The van der Waals surface area contributed by atoms with Crippen molar-refractivity contribution in [1.29, 1.82) is 0 Å². The molecule has 146 valence electrons. The highest BCUT2D eigenvalue weighted by molar-refractivity contribution is 5.79. The highest BCUT2D eigenvalue weighted by atomic mass is 19.4. The van der Waals surface area contributed by atoms with E-state index in [0.29, 0.717) is 25.7 Å². The molecule has 1 heterocycles. The van der Waals surface area contributed by atoms with Gasteiger partial charge < -0.3 is 15.4 Å². The Hall–Kier alpha value is -1.80. The second kappa shape index (κ2) is 9.23. The molecule has 1 atom stereocenters. The number of ether oxygens (including phenoxy) is 1. The number of guanidine groups is 1. The summed E-state index contributed by atoms with van der Waals surface area (Å²) in [6.45, 7) is 7.29. The fourth-order valence-electron chi connectivity index (χ4n) is 2.90. The van der Waals surface area contributed by atoms with Gasteiger partial charge in [0.1, 0.15) is 0 Å². The first-order chi connectivity index (χ1) is 12.3. The van der Waals surface area contributed by atoms with Gasteiger partial charge in [-0.15, -0.1) is 0 Å². The van der Waals surface area contributed by atoms with Crippen molar-refractivity contribution in [2.24, 2.45) is 4.99 Å². The van der Waals surface area contributed by atoms with Gasteiger partial charge in [-0.1, -0.05) is 12.1 Å². The number of aliphatic imine (C=N–C) groups is 1. The average Bonchev–Trinajstić information content (AvgIpc) is 2.61. The molecular formula is C18H27F3N4O. The Kier molecular flexibility index (Phi) is 7.28. The first-order valence-electron chi connectivity index (χ1n) is 8.77. The Morgan fingerprint density at radius 1 is 1.19 bits per heavy atom. The van der Waals surface area contributed by atoms with Gasteiger partial charge in [-0.2, -0.15) is 13.2 Å². The summed E-state index contributed by atoms with van der Waals surface area (Å²) < 4.78 is 43.9. The molecular weight excluding hydrogens is 345 g/mol. The topological polar surface area (TPSA) is 48.9 Å². The van der Waals surface area contributed by atoms with Crippen molar-refractivity contribution in [3.05, 3.63) is 35.4 Å². The molecule has 8 heteroatoms. The lowest BCUT2D eigenvalue weighted by Gasteiger charge is -2.35. The first kappa shape index (κ1) is 20.5. The molecule has 0 aliphatic carbocycles. The lowest BCUT2D eigenvalue weighted by molar-refractivity contribution is -0.137. The van der Waals surface area contributed by atoms with Crippen LogP contribution in [0.25, 0.3) is 0 Å². The predicted octanol–water partition coefficient (Wildman–Crippen LogP) is 2.65. The third kappa shape index (κ3) is 5.88. The molecule has 26 heavy (non-hydrogen) atoms. The quantitative estimate of drug-likeness (QED) is 0.616. The number of hydrogen-bond donors (Lipinski definition) is 2. The Bertz CT molecular complexity index is 581. The van der Waals surface area contributed by atoms with Crippen molar-refractivity contribution < 1.29 is 17.9 Å². The number of halogens is 3. The van der Waals surface area contributed by atoms with Gasteiger partial charge in [-0.3, -0.25) is 9.89 Å². The van der Waals surface area contributed by atoms with Crippen LogP contribution in [-0.4, -0.2) is 56.8 Å². The number of morpholine rings is 1. The monoisotopic (exact) mass is 372 g/mol. The molecule has 1 fully saturated rings. The van der Waals surface area contributed by atoms with Crippen LogP contribution in [0.5, 0.6) is 0 Å². The van der Waals surface area contributed by atoms with Crippen LogP contribution >= 0.6 is 0 Å². The lowest BCUT2D eigenvalue weighted by atomic mass is 10.0. The number of alkyl halides is 3. The van der Waals surface area contributed by atoms with Crippen LogP contribution in [0.15, 0.2) is 29.3 Å². The zero-order valence-corrected chi connectivity index (χ0v) is 15.4. The molecule has 1 aromatic carbocycles. The molecule has 1 unspecified atom stereocenters. The summed E-state index contributed by atoms with van der Waals surface area (Å²) in [4.78, 5) is 6.41. The standard InChI is InChI=1S/C18H27F3N4O/c1-13(2)24-17(22-3)23-12-16(25-8-10-26-11-9-25)14-4-6-15(7-5-14)18(19,20)21/h4-7,13,16H,8-12H2,1-3H3,(H2,22,23,24). The molecule has 2 rings (SSSR count). The van der Waals surface area contributed by atoms with E-state index in [4.69, 9.17) is 4.74 Å². The SMILES string of the molecule is CN=C(NCC(c1ccc(C(F)(F)F)cc1)N1CCOCC1)NC(C)C. The molecule has 1 aliphatic rings. The van der Waals surface area contributed by atoms with Crippen LogP contribution in [0.1, 0.15) is 31.0 Å². The molecule has 0 radical (unpaired) electrons. The summed E-state index contributed by atoms with van der Waals surface area (Å²) in [5, 5.41) is 6.49. The fourth-order valence-corrected chi connectivity index (χ4v) is 2.90. The van der Waals surface area contributed by atoms with Gasteiger partial charge in [0, 0.05) is 32.7 Å². The van der Waals surface area contributed by atoms with Crippen molar-refractivity contribution in [2.45, 2.75) is 32.1 Å². The Balaban J connectivity index is 2.15. The summed E-state index contributed by atoms with van der Waals surface area (Å²) in [5.41, 5.74) is 0.208. The van der Waals surface area contributed by atoms with E-state index in [1.165, 1.54) is 0 Å². The van der Waals surface area contributed by atoms with Gasteiger partial charge in [0.2, 0.25) is 0 Å². The van der Waals surface area contributed by atoms with Crippen molar-refractivity contribution in [1.82, 2.24) is 15.5 Å². The number of nitrogens with one attached hydrogen (secondary N) is 2. The largest absolute Gasteiger partial charge is 0.416 e. The minimum atomic E-state index is -4.32. The van der Waals surface area contributed by atoms with Crippen LogP contribution in [0, 0.1) is 0 Å². The summed E-state index contributed by atoms with van der Waals surface area (Å²) in [6, 6.07) is 5.57. The molecule has 0 saturated carbocycles. The van der Waals surface area contributed by atoms with Crippen LogP contribution < -0.4 is 10.6 Å². The third-order valence-corrected chi connectivity index (χ3v) is 4.22. The van der Waals surface area contributed by atoms with Crippen LogP contribution in [-0.2, 0) is 10.9 Å². The molecule has 0 aromatic heterocycles. The molecule has 1 aromatic rings. The van der Waals surface area contributed by atoms with Gasteiger partial charge >= 0.3 is 6.18 Å². The van der Waals surface area contributed by atoms with E-state index < -0.39 is 11.7 Å². The minimum absolute atomic E-state index is 0.0631. The molecule has 1 aliphatic heterocycles. The highest BCUT2D eigenvalue weighted by Gasteiger charge is 2.31. The van der Waals surface area contributed by atoms with Crippen molar-refractivity contribution in [3.63, 3.8) is 0 Å². The maximum Gasteiger partial charge on any atom is 0.416 e. The summed E-state index contributed by atoms with van der Waals surface area (Å²) in [7, 11) is 1.69. The van der Waals surface area contributed by atoms with Crippen molar-refractivity contribution in [2.75, 3.05) is 39.9 Å². The Morgan fingerprint density at radius 2 is 1.81 bits per heavy atom. The first-order valence-corrected chi connectivity index (χ1v) is 8.77. The van der Waals surface area contributed by atoms with Gasteiger partial charge in [-0.25, -0.2) is 0 Å². The molecule has 1 saturated heterocycles. The summed E-state index contributed by atoms with van der Waals surface area (Å²) in [6.07, 6.45) is -4.32. The van der Waals surface area contributed by atoms with E-state index in [1.807, 2.05) is 13.8 Å². The lowest BCUT2D eigenvalue weighted by Crippen LogP contribution is -2.47. The van der Waals surface area contributed by atoms with Crippen molar-refractivity contribution in [3.8, 4) is 0 Å². The van der Waals surface area contributed by atoms with Gasteiger partial charge in [-0.05, 0) is 31.5 Å². The fraction of sp³-hybridized carbons (Fsp3) is 0.611. The molecule has 0 amide bonds. The maximum absolute atomic E-state index is 12.8. The Morgan fingerprint density at radius 3 is 2.31 bits per heavy atom. The zero-order valence-electron chi connectivity index (χ0n) is 15.4. The van der Waals surface area contributed by atoms with Gasteiger partial charge in [0.05, 0.1) is 24.8 Å². The smallest absolute Gasteiger partial charge is 0.379 e. The van der Waals surface area contributed by atoms with E-state index in [1.54, 1.807) is 19.2 Å². The number of rotatable bonds is 5.